The highest BCUT2D eigenvalue weighted by Crippen LogP contribution is 2.17. The molecule has 0 aromatic carbocycles. The van der Waals surface area contributed by atoms with Gasteiger partial charge in [-0.05, 0) is 38.8 Å². The van der Waals surface area contributed by atoms with Crippen LogP contribution in [0.25, 0.3) is 0 Å². The molecule has 0 saturated carbocycles. The normalized spacial score (nSPS) is 21.4. The Labute approximate surface area is 106 Å². The van der Waals surface area contributed by atoms with Gasteiger partial charge in [0.2, 0.25) is 5.91 Å². The summed E-state index contributed by atoms with van der Waals surface area (Å²) >= 11 is 0. The van der Waals surface area contributed by atoms with Crippen LogP contribution in [-0.4, -0.2) is 37.0 Å². The van der Waals surface area contributed by atoms with Crippen LogP contribution in [0.3, 0.4) is 0 Å². The summed E-state index contributed by atoms with van der Waals surface area (Å²) in [6.45, 7) is 8.53. The van der Waals surface area contributed by atoms with Gasteiger partial charge in [0.1, 0.15) is 0 Å². The molecule has 1 unspecified atom stereocenters. The van der Waals surface area contributed by atoms with E-state index >= 15 is 0 Å². The van der Waals surface area contributed by atoms with E-state index in [-0.39, 0.29) is 11.8 Å². The maximum atomic E-state index is 12.0. The number of hydrogen-bond acceptors (Lipinski definition) is 2. The van der Waals surface area contributed by atoms with Crippen LogP contribution in [0.2, 0.25) is 0 Å². The molecule has 1 amide bonds. The van der Waals surface area contributed by atoms with Crippen LogP contribution in [0.15, 0.2) is 0 Å². The number of nitrogens with zero attached hydrogens (tertiary/aromatic N) is 1. The van der Waals surface area contributed by atoms with Crippen molar-refractivity contribution in [3.8, 4) is 0 Å². The van der Waals surface area contributed by atoms with Crippen molar-refractivity contribution in [1.29, 1.82) is 0 Å². The number of piperidine rings is 1. The van der Waals surface area contributed by atoms with E-state index in [2.05, 4.69) is 24.1 Å². The second kappa shape index (κ2) is 8.51. The molecule has 1 aliphatic heterocycles. The quantitative estimate of drug-likeness (QED) is 0.693. The Bertz CT molecular complexity index is 218. The van der Waals surface area contributed by atoms with E-state index in [1.165, 1.54) is 25.8 Å². The van der Waals surface area contributed by atoms with E-state index in [0.717, 1.165) is 38.9 Å². The van der Waals surface area contributed by atoms with Gasteiger partial charge in [0, 0.05) is 13.1 Å². The summed E-state index contributed by atoms with van der Waals surface area (Å²) in [7, 11) is 0. The molecule has 3 nitrogen and oxygen atoms in total. The van der Waals surface area contributed by atoms with Crippen molar-refractivity contribution in [2.45, 2.75) is 52.4 Å². The van der Waals surface area contributed by atoms with E-state index in [9.17, 15) is 4.79 Å². The van der Waals surface area contributed by atoms with Gasteiger partial charge in [-0.2, -0.15) is 0 Å². The number of nitrogens with one attached hydrogen (secondary N) is 1. The number of amides is 1. The van der Waals surface area contributed by atoms with Crippen molar-refractivity contribution < 1.29 is 4.79 Å². The highest BCUT2D eigenvalue weighted by molar-refractivity contribution is 5.78. The Balaban J connectivity index is 2.25. The van der Waals surface area contributed by atoms with Crippen molar-refractivity contribution >= 4 is 5.91 Å². The molecule has 0 bridgehead atoms. The lowest BCUT2D eigenvalue weighted by Gasteiger charge is -2.31. The molecule has 100 valence electrons. The van der Waals surface area contributed by atoms with Gasteiger partial charge >= 0.3 is 0 Å². The van der Waals surface area contributed by atoms with E-state index in [0.29, 0.717) is 0 Å². The topological polar surface area (TPSA) is 32.3 Å². The number of carbonyl (C=O) groups is 1. The van der Waals surface area contributed by atoms with E-state index in [1.54, 1.807) is 0 Å². The third-order valence-corrected chi connectivity index (χ3v) is 3.53. The number of likely N-dealkylation sites (tertiary alicyclic amines) is 1. The molecule has 0 spiro atoms. The second-order valence-corrected chi connectivity index (χ2v) is 5.14. The average Bonchev–Trinajstić information content (AvgIpc) is 2.37. The lowest BCUT2D eigenvalue weighted by Crippen LogP contribution is -2.43. The maximum Gasteiger partial charge on any atom is 0.224 e. The molecule has 1 atom stereocenters. The third-order valence-electron chi connectivity index (χ3n) is 3.53. The molecule has 0 aliphatic carbocycles. The summed E-state index contributed by atoms with van der Waals surface area (Å²) in [4.78, 5) is 14.4. The van der Waals surface area contributed by atoms with Crippen molar-refractivity contribution in [2.24, 2.45) is 5.92 Å². The van der Waals surface area contributed by atoms with Crippen molar-refractivity contribution in [3.63, 3.8) is 0 Å². The molecule has 17 heavy (non-hydrogen) atoms. The first kappa shape index (κ1) is 14.5. The van der Waals surface area contributed by atoms with Crippen LogP contribution in [-0.2, 0) is 4.79 Å². The number of hydrogen-bond donors (Lipinski definition) is 1. The van der Waals surface area contributed by atoms with Gasteiger partial charge in [-0.3, -0.25) is 4.79 Å². The summed E-state index contributed by atoms with van der Waals surface area (Å²) in [6.07, 6.45) is 6.98. The number of rotatable bonds is 7. The van der Waals surface area contributed by atoms with Gasteiger partial charge in [0.25, 0.3) is 0 Å². The summed E-state index contributed by atoms with van der Waals surface area (Å²) in [6, 6.07) is 0. The predicted octanol–water partition coefficient (Wildman–Crippen LogP) is 2.41. The van der Waals surface area contributed by atoms with E-state index in [1.807, 2.05) is 0 Å². The first-order chi connectivity index (χ1) is 8.27. The Hall–Kier alpha value is -0.570. The summed E-state index contributed by atoms with van der Waals surface area (Å²) in [5.74, 6) is 0.511. The van der Waals surface area contributed by atoms with Crippen LogP contribution in [0.4, 0.5) is 0 Å². The molecule has 0 aromatic rings. The average molecular weight is 240 g/mol. The van der Waals surface area contributed by atoms with Crippen LogP contribution in [0.5, 0.6) is 0 Å². The molecule has 1 aliphatic rings. The zero-order chi connectivity index (χ0) is 12.5. The lowest BCUT2D eigenvalue weighted by atomic mass is 9.97. The van der Waals surface area contributed by atoms with E-state index < -0.39 is 0 Å². The standard InChI is InChI=1S/C14H28N2O/c1-3-5-9-15-14(17)13-8-7-11-16(12-13)10-6-4-2/h13H,3-12H2,1-2H3,(H,15,17). The Kier molecular flexibility index (Phi) is 7.25. The predicted molar refractivity (Wildman–Crippen MR) is 72.0 cm³/mol. The summed E-state index contributed by atoms with van der Waals surface area (Å²) < 4.78 is 0. The fourth-order valence-electron chi connectivity index (χ4n) is 2.39. The van der Waals surface area contributed by atoms with Crippen molar-refractivity contribution in [2.75, 3.05) is 26.2 Å². The van der Waals surface area contributed by atoms with Crippen molar-refractivity contribution in [3.05, 3.63) is 0 Å². The molecular weight excluding hydrogens is 212 g/mol. The van der Waals surface area contributed by atoms with Gasteiger partial charge < -0.3 is 10.2 Å². The highest BCUT2D eigenvalue weighted by atomic mass is 16.1. The molecule has 3 heteroatoms. The fourth-order valence-corrected chi connectivity index (χ4v) is 2.39. The maximum absolute atomic E-state index is 12.0. The van der Waals surface area contributed by atoms with Crippen LogP contribution < -0.4 is 5.32 Å². The van der Waals surface area contributed by atoms with Gasteiger partial charge in [0.15, 0.2) is 0 Å². The number of carbonyl (C=O) groups excluding carboxylic acids is 1. The molecule has 1 saturated heterocycles. The van der Waals surface area contributed by atoms with Gasteiger partial charge in [0.05, 0.1) is 5.92 Å². The zero-order valence-electron chi connectivity index (χ0n) is 11.5. The number of unbranched alkanes of at least 4 members (excludes halogenated alkanes) is 2. The smallest absolute Gasteiger partial charge is 0.224 e. The molecule has 0 radical (unpaired) electrons. The first-order valence-electron chi connectivity index (χ1n) is 7.28. The largest absolute Gasteiger partial charge is 0.356 e. The lowest BCUT2D eigenvalue weighted by molar-refractivity contribution is -0.126. The minimum Gasteiger partial charge on any atom is -0.356 e. The zero-order valence-corrected chi connectivity index (χ0v) is 11.5. The Morgan fingerprint density at radius 1 is 1.29 bits per heavy atom. The van der Waals surface area contributed by atoms with Crippen LogP contribution >= 0.6 is 0 Å². The summed E-state index contributed by atoms with van der Waals surface area (Å²) in [5.41, 5.74) is 0. The Morgan fingerprint density at radius 3 is 2.76 bits per heavy atom. The molecule has 1 N–H and O–H groups in total. The van der Waals surface area contributed by atoms with Crippen molar-refractivity contribution in [1.82, 2.24) is 10.2 Å². The minimum absolute atomic E-state index is 0.234. The second-order valence-electron chi connectivity index (χ2n) is 5.14. The van der Waals surface area contributed by atoms with Crippen LogP contribution in [0, 0.1) is 5.92 Å². The van der Waals surface area contributed by atoms with Gasteiger partial charge in [-0.15, -0.1) is 0 Å². The highest BCUT2D eigenvalue weighted by Gasteiger charge is 2.24. The van der Waals surface area contributed by atoms with Gasteiger partial charge in [-0.25, -0.2) is 0 Å². The first-order valence-corrected chi connectivity index (χ1v) is 7.28. The summed E-state index contributed by atoms with van der Waals surface area (Å²) in [5, 5.41) is 3.06. The fraction of sp³-hybridized carbons (Fsp3) is 0.929. The molecule has 1 heterocycles. The third kappa shape index (κ3) is 5.53. The minimum atomic E-state index is 0.234. The molecule has 0 aromatic heterocycles. The molecular formula is C14H28N2O. The van der Waals surface area contributed by atoms with Gasteiger partial charge in [-0.1, -0.05) is 26.7 Å². The molecule has 1 rings (SSSR count). The van der Waals surface area contributed by atoms with E-state index in [4.69, 9.17) is 0 Å². The SMILES string of the molecule is CCCCNC(=O)C1CCCN(CCCC)C1. The Morgan fingerprint density at radius 2 is 2.06 bits per heavy atom. The monoisotopic (exact) mass is 240 g/mol. The molecule has 1 fully saturated rings. The van der Waals surface area contributed by atoms with Crippen LogP contribution in [0.1, 0.15) is 52.4 Å².